The van der Waals surface area contributed by atoms with Gasteiger partial charge < -0.3 is 4.74 Å². The molecule has 0 unspecified atom stereocenters. The van der Waals surface area contributed by atoms with E-state index in [0.29, 0.717) is 17.5 Å². The van der Waals surface area contributed by atoms with Gasteiger partial charge in [0, 0.05) is 4.47 Å². The highest BCUT2D eigenvalue weighted by Crippen LogP contribution is 2.36. The maximum atomic E-state index is 10.9. The second-order valence-corrected chi connectivity index (χ2v) is 4.15. The molecule has 0 amide bonds. The van der Waals surface area contributed by atoms with Crippen molar-refractivity contribution in [3.63, 3.8) is 0 Å². The van der Waals surface area contributed by atoms with Gasteiger partial charge in [-0.2, -0.15) is 0 Å². The number of nitro groups is 1. The third kappa shape index (κ3) is 2.08. The summed E-state index contributed by atoms with van der Waals surface area (Å²) >= 11 is 3.36. The van der Waals surface area contributed by atoms with E-state index in [1.165, 1.54) is 6.20 Å². The maximum absolute atomic E-state index is 10.9. The van der Waals surface area contributed by atoms with Crippen LogP contribution in [0.4, 0.5) is 5.69 Å². The van der Waals surface area contributed by atoms with E-state index in [1.54, 1.807) is 19.1 Å². The summed E-state index contributed by atoms with van der Waals surface area (Å²) in [5.74, 6) is 0.267. The lowest BCUT2D eigenvalue weighted by atomic mass is 10.2. The van der Waals surface area contributed by atoms with Crippen molar-refractivity contribution < 1.29 is 9.66 Å². The number of halogens is 1. The summed E-state index contributed by atoms with van der Waals surface area (Å²) in [5.41, 5.74) is 0.541. The Bertz CT molecular complexity index is 586. The van der Waals surface area contributed by atoms with E-state index >= 15 is 0 Å². The minimum Gasteiger partial charge on any atom is -0.487 e. The minimum atomic E-state index is -0.488. The van der Waals surface area contributed by atoms with Gasteiger partial charge in [0.15, 0.2) is 0 Å². The molecular weight excluding hydrogens is 288 g/mol. The van der Waals surface area contributed by atoms with E-state index in [4.69, 9.17) is 4.74 Å². The van der Waals surface area contributed by atoms with Crippen molar-refractivity contribution in [2.24, 2.45) is 0 Å². The van der Waals surface area contributed by atoms with Crippen molar-refractivity contribution >= 4 is 32.5 Å². The average Bonchev–Trinajstić information content (AvgIpc) is 2.30. The van der Waals surface area contributed by atoms with Crippen molar-refractivity contribution in [3.05, 3.63) is 39.0 Å². The molecule has 2 rings (SSSR count). The standard InChI is InChI=1S/C11H9BrN2O3/c1-2-17-11-7-4-3-5-8(12)10(7)13-6-9(11)14(15)16/h3-6H,2H2,1H3. The first kappa shape index (κ1) is 11.8. The molecule has 0 aliphatic carbocycles. The van der Waals surface area contributed by atoms with E-state index in [9.17, 15) is 10.1 Å². The first-order valence-corrected chi connectivity index (χ1v) is 5.79. The number of aromatic nitrogens is 1. The van der Waals surface area contributed by atoms with E-state index < -0.39 is 4.92 Å². The van der Waals surface area contributed by atoms with Crippen LogP contribution in [-0.2, 0) is 0 Å². The van der Waals surface area contributed by atoms with Crippen LogP contribution in [-0.4, -0.2) is 16.5 Å². The van der Waals surface area contributed by atoms with Gasteiger partial charge in [-0.05, 0) is 35.0 Å². The second-order valence-electron chi connectivity index (χ2n) is 3.30. The van der Waals surface area contributed by atoms with Crippen LogP contribution in [0.1, 0.15) is 6.92 Å². The van der Waals surface area contributed by atoms with Gasteiger partial charge in [0.2, 0.25) is 5.75 Å². The summed E-state index contributed by atoms with van der Waals surface area (Å²) in [4.78, 5) is 14.5. The number of rotatable bonds is 3. The molecule has 0 aliphatic heterocycles. The highest BCUT2D eigenvalue weighted by Gasteiger charge is 2.19. The van der Waals surface area contributed by atoms with E-state index in [0.717, 1.165) is 4.47 Å². The van der Waals surface area contributed by atoms with Crippen LogP contribution in [0.3, 0.4) is 0 Å². The number of hydrogen-bond acceptors (Lipinski definition) is 4. The summed E-state index contributed by atoms with van der Waals surface area (Å²) in [5, 5.41) is 11.5. The Morgan fingerprint density at radius 1 is 1.53 bits per heavy atom. The molecule has 0 radical (unpaired) electrons. The van der Waals surface area contributed by atoms with E-state index in [2.05, 4.69) is 20.9 Å². The number of nitrogens with zero attached hydrogens (tertiary/aromatic N) is 2. The Balaban J connectivity index is 2.79. The molecule has 1 aromatic heterocycles. The minimum absolute atomic E-state index is 0.113. The number of hydrogen-bond donors (Lipinski definition) is 0. The Hall–Kier alpha value is -1.69. The van der Waals surface area contributed by atoms with Crippen molar-refractivity contribution in [3.8, 4) is 5.75 Å². The highest BCUT2D eigenvalue weighted by atomic mass is 79.9. The molecule has 0 fully saturated rings. The number of ether oxygens (including phenoxy) is 1. The van der Waals surface area contributed by atoms with Gasteiger partial charge in [-0.25, -0.2) is 4.98 Å². The van der Waals surface area contributed by atoms with Crippen LogP contribution in [0, 0.1) is 10.1 Å². The summed E-state index contributed by atoms with van der Waals surface area (Å²) in [7, 11) is 0. The van der Waals surface area contributed by atoms with Gasteiger partial charge in [0.25, 0.3) is 0 Å². The predicted octanol–water partition coefficient (Wildman–Crippen LogP) is 3.30. The molecule has 0 N–H and O–H groups in total. The number of benzene rings is 1. The van der Waals surface area contributed by atoms with Crippen LogP contribution < -0.4 is 4.74 Å². The SMILES string of the molecule is CCOc1c([N+](=O)[O-])cnc2c(Br)cccc12. The zero-order chi connectivity index (χ0) is 12.4. The van der Waals surface area contributed by atoms with E-state index in [-0.39, 0.29) is 11.4 Å². The third-order valence-corrected chi connectivity index (χ3v) is 2.91. The molecule has 1 aromatic carbocycles. The first-order chi connectivity index (χ1) is 8.15. The Kier molecular flexibility index (Phi) is 3.23. The van der Waals surface area contributed by atoms with Crippen LogP contribution in [0.2, 0.25) is 0 Å². The first-order valence-electron chi connectivity index (χ1n) is 4.99. The van der Waals surface area contributed by atoms with Crippen molar-refractivity contribution in [1.82, 2.24) is 4.98 Å². The normalized spacial score (nSPS) is 10.5. The molecule has 5 nitrogen and oxygen atoms in total. The second kappa shape index (κ2) is 4.67. The Morgan fingerprint density at radius 3 is 2.94 bits per heavy atom. The number of fused-ring (bicyclic) bond motifs is 1. The van der Waals surface area contributed by atoms with Crippen molar-refractivity contribution in [1.29, 1.82) is 0 Å². The predicted molar refractivity (Wildman–Crippen MR) is 67.3 cm³/mol. The van der Waals surface area contributed by atoms with Crippen LogP contribution in [0.25, 0.3) is 10.9 Å². The monoisotopic (exact) mass is 296 g/mol. The van der Waals surface area contributed by atoms with Gasteiger partial charge in [0.05, 0.1) is 22.4 Å². The summed E-state index contributed by atoms with van der Waals surface area (Å²) in [6, 6.07) is 5.38. The zero-order valence-electron chi connectivity index (χ0n) is 9.01. The molecule has 88 valence electrons. The van der Waals surface area contributed by atoms with Gasteiger partial charge in [-0.15, -0.1) is 0 Å². The highest BCUT2D eigenvalue weighted by molar-refractivity contribution is 9.10. The lowest BCUT2D eigenvalue weighted by Crippen LogP contribution is -1.99. The quantitative estimate of drug-likeness (QED) is 0.644. The molecule has 0 aliphatic rings. The number of pyridine rings is 1. The smallest absolute Gasteiger partial charge is 0.329 e. The Morgan fingerprint density at radius 2 is 2.29 bits per heavy atom. The van der Waals surface area contributed by atoms with Gasteiger partial charge in [0.1, 0.15) is 6.20 Å². The lowest BCUT2D eigenvalue weighted by molar-refractivity contribution is -0.386. The molecule has 0 atom stereocenters. The average molecular weight is 297 g/mol. The Labute approximate surface area is 106 Å². The fraction of sp³-hybridized carbons (Fsp3) is 0.182. The fourth-order valence-corrected chi connectivity index (χ4v) is 2.05. The fourth-order valence-electron chi connectivity index (χ4n) is 1.58. The summed E-state index contributed by atoms with van der Waals surface area (Å²) in [6.45, 7) is 2.15. The van der Waals surface area contributed by atoms with Crippen molar-refractivity contribution in [2.45, 2.75) is 6.92 Å². The topological polar surface area (TPSA) is 65.3 Å². The molecule has 0 saturated heterocycles. The zero-order valence-corrected chi connectivity index (χ0v) is 10.6. The largest absolute Gasteiger partial charge is 0.487 e. The molecule has 6 heteroatoms. The lowest BCUT2D eigenvalue weighted by Gasteiger charge is -2.08. The van der Waals surface area contributed by atoms with E-state index in [1.807, 2.05) is 6.07 Å². The molecule has 0 bridgehead atoms. The molecule has 2 aromatic rings. The molecule has 0 spiro atoms. The van der Waals surface area contributed by atoms with Crippen molar-refractivity contribution in [2.75, 3.05) is 6.61 Å². The summed E-state index contributed by atoms with van der Waals surface area (Å²) in [6.07, 6.45) is 1.22. The summed E-state index contributed by atoms with van der Waals surface area (Å²) < 4.78 is 6.15. The van der Waals surface area contributed by atoms with Crippen LogP contribution >= 0.6 is 15.9 Å². The number of para-hydroxylation sites is 1. The molecule has 1 heterocycles. The maximum Gasteiger partial charge on any atom is 0.329 e. The van der Waals surface area contributed by atoms with Gasteiger partial charge in [-0.1, -0.05) is 6.07 Å². The third-order valence-electron chi connectivity index (χ3n) is 2.27. The van der Waals surface area contributed by atoms with Gasteiger partial charge >= 0.3 is 5.69 Å². The van der Waals surface area contributed by atoms with Crippen LogP contribution in [0.15, 0.2) is 28.9 Å². The molecular formula is C11H9BrN2O3. The molecule has 17 heavy (non-hydrogen) atoms. The molecule has 0 saturated carbocycles. The van der Waals surface area contributed by atoms with Gasteiger partial charge in [-0.3, -0.25) is 10.1 Å². The van der Waals surface area contributed by atoms with Crippen LogP contribution in [0.5, 0.6) is 5.75 Å².